The molecule has 0 aliphatic carbocycles. The number of hydrogen-bond acceptors (Lipinski definition) is 6. The third-order valence-electron chi connectivity index (χ3n) is 7.52. The normalized spacial score (nSPS) is 35.6. The van der Waals surface area contributed by atoms with E-state index in [1.807, 2.05) is 31.2 Å². The van der Waals surface area contributed by atoms with Crippen LogP contribution in [0.5, 0.6) is 0 Å². The molecule has 4 aliphatic heterocycles. The fraction of sp³-hybridized carbons (Fsp3) is 0.545. The van der Waals surface area contributed by atoms with E-state index in [4.69, 9.17) is 9.47 Å². The van der Waals surface area contributed by atoms with Gasteiger partial charge in [-0.05, 0) is 37.9 Å². The molecule has 1 aromatic rings. The van der Waals surface area contributed by atoms with E-state index in [1.165, 1.54) is 12.0 Å². The van der Waals surface area contributed by atoms with E-state index in [-0.39, 0.29) is 42.6 Å². The first-order chi connectivity index (χ1) is 14.0. The summed E-state index contributed by atoms with van der Waals surface area (Å²) in [6.45, 7) is 3.31. The molecule has 154 valence electrons. The molecule has 5 rings (SSSR count). The van der Waals surface area contributed by atoms with E-state index in [1.54, 1.807) is 6.26 Å². The molecule has 1 aromatic carbocycles. The first-order valence-electron chi connectivity index (χ1n) is 10.2. The van der Waals surface area contributed by atoms with Crippen LogP contribution in [0.15, 0.2) is 36.1 Å². The summed E-state index contributed by atoms with van der Waals surface area (Å²) in [6, 6.07) is 7.76. The topological polar surface area (TPSA) is 79.3 Å². The number of carbonyl (C=O) groups excluding carboxylic acids is 2. The highest BCUT2D eigenvalue weighted by molar-refractivity contribution is 6.09. The lowest BCUT2D eigenvalue weighted by atomic mass is 9.66. The Hall–Kier alpha value is -2.38. The molecule has 2 saturated heterocycles. The van der Waals surface area contributed by atoms with Gasteiger partial charge >= 0.3 is 5.97 Å². The summed E-state index contributed by atoms with van der Waals surface area (Å²) in [6.07, 6.45) is 2.97. The summed E-state index contributed by atoms with van der Waals surface area (Å²) in [5.41, 5.74) is 1.68. The molecule has 0 unspecified atom stereocenters. The Morgan fingerprint density at radius 3 is 2.93 bits per heavy atom. The van der Waals surface area contributed by atoms with Crippen molar-refractivity contribution in [3.05, 3.63) is 41.7 Å². The summed E-state index contributed by atoms with van der Waals surface area (Å²) in [5, 5.41) is 9.90. The van der Waals surface area contributed by atoms with Crippen LogP contribution in [0.2, 0.25) is 0 Å². The maximum Gasteiger partial charge on any atom is 0.337 e. The number of aliphatic hydroxyl groups is 1. The molecule has 5 atom stereocenters. The Bertz CT molecular complexity index is 899. The Balaban J connectivity index is 1.57. The van der Waals surface area contributed by atoms with Crippen LogP contribution in [-0.2, 0) is 24.5 Å². The molecule has 7 nitrogen and oxygen atoms in total. The van der Waals surface area contributed by atoms with Gasteiger partial charge in [-0.15, -0.1) is 0 Å². The van der Waals surface area contributed by atoms with Gasteiger partial charge in [0.05, 0.1) is 36.2 Å². The number of nitrogens with zero attached hydrogens (tertiary/aromatic N) is 2. The molecule has 1 spiro atoms. The average Bonchev–Trinajstić information content (AvgIpc) is 3.23. The van der Waals surface area contributed by atoms with Crippen molar-refractivity contribution in [3.63, 3.8) is 0 Å². The molecule has 0 saturated carbocycles. The zero-order valence-electron chi connectivity index (χ0n) is 16.7. The standard InChI is InChI=1S/C22H26N2O5/c1-13-15-10-23-8-7-22(17-5-3-4-6-18(17)24(12-25)21(22)27)19(23)9-14(15)16(11-29-13)20(26)28-2/h3-6,11,13-15,19,25H,7-10,12H2,1-2H3/t13-,14-,15+,19-,22+/m0/s1. The van der Waals surface area contributed by atoms with Crippen LogP contribution in [0.1, 0.15) is 25.3 Å². The van der Waals surface area contributed by atoms with Gasteiger partial charge in [0.2, 0.25) is 5.91 Å². The maximum atomic E-state index is 13.6. The number of rotatable bonds is 2. The fourth-order valence-electron chi connectivity index (χ4n) is 6.11. The number of ether oxygens (including phenoxy) is 2. The second-order valence-electron chi connectivity index (χ2n) is 8.54. The van der Waals surface area contributed by atoms with Gasteiger partial charge in [-0.2, -0.15) is 0 Å². The zero-order chi connectivity index (χ0) is 20.3. The molecule has 0 aromatic heterocycles. The molecule has 4 heterocycles. The number of aliphatic hydroxyl groups excluding tert-OH is 1. The number of benzene rings is 1. The summed E-state index contributed by atoms with van der Waals surface area (Å²) >= 11 is 0. The maximum absolute atomic E-state index is 13.6. The number of amides is 1. The van der Waals surface area contributed by atoms with Crippen LogP contribution >= 0.6 is 0 Å². The third-order valence-corrected chi connectivity index (χ3v) is 7.52. The van der Waals surface area contributed by atoms with E-state index in [2.05, 4.69) is 4.90 Å². The van der Waals surface area contributed by atoms with Crippen molar-refractivity contribution >= 4 is 17.6 Å². The molecule has 0 radical (unpaired) electrons. The van der Waals surface area contributed by atoms with E-state index in [0.29, 0.717) is 12.0 Å². The number of esters is 1. The molecule has 1 amide bonds. The molecule has 29 heavy (non-hydrogen) atoms. The predicted octanol–water partition coefficient (Wildman–Crippen LogP) is 1.41. The number of piperidine rings is 1. The molecule has 7 heteroatoms. The van der Waals surface area contributed by atoms with Crippen LogP contribution in [-0.4, -0.2) is 61.0 Å². The summed E-state index contributed by atoms with van der Waals surface area (Å²) in [5.74, 6) is -0.217. The number of hydrogen-bond donors (Lipinski definition) is 1. The van der Waals surface area contributed by atoms with Gasteiger partial charge < -0.3 is 14.6 Å². The van der Waals surface area contributed by atoms with Crippen LogP contribution in [0, 0.1) is 11.8 Å². The van der Waals surface area contributed by atoms with E-state index < -0.39 is 5.41 Å². The summed E-state index contributed by atoms with van der Waals surface area (Å²) in [4.78, 5) is 29.9. The summed E-state index contributed by atoms with van der Waals surface area (Å²) < 4.78 is 10.8. The van der Waals surface area contributed by atoms with Gasteiger partial charge in [0.1, 0.15) is 6.73 Å². The van der Waals surface area contributed by atoms with Gasteiger partial charge in [-0.1, -0.05) is 18.2 Å². The van der Waals surface area contributed by atoms with Gasteiger partial charge in [0.15, 0.2) is 0 Å². The first-order valence-corrected chi connectivity index (χ1v) is 10.2. The monoisotopic (exact) mass is 398 g/mol. The molecule has 4 aliphatic rings. The number of fused-ring (bicyclic) bond motifs is 5. The number of anilines is 1. The van der Waals surface area contributed by atoms with E-state index in [9.17, 15) is 14.7 Å². The Kier molecular flexibility index (Phi) is 4.22. The lowest BCUT2D eigenvalue weighted by molar-refractivity contribution is -0.139. The average molecular weight is 398 g/mol. The van der Waals surface area contributed by atoms with E-state index in [0.717, 1.165) is 30.8 Å². The smallest absolute Gasteiger partial charge is 0.337 e. The highest BCUT2D eigenvalue weighted by atomic mass is 16.5. The van der Waals surface area contributed by atoms with Crippen molar-refractivity contribution < 1.29 is 24.2 Å². The van der Waals surface area contributed by atoms with Crippen molar-refractivity contribution in [3.8, 4) is 0 Å². The zero-order valence-corrected chi connectivity index (χ0v) is 16.7. The van der Waals surface area contributed by atoms with Crippen LogP contribution < -0.4 is 4.90 Å². The van der Waals surface area contributed by atoms with Crippen molar-refractivity contribution in [1.82, 2.24) is 4.90 Å². The molecule has 1 N–H and O–H groups in total. The Labute approximate surface area is 169 Å². The fourth-order valence-corrected chi connectivity index (χ4v) is 6.11. The highest BCUT2D eigenvalue weighted by Gasteiger charge is 2.62. The van der Waals surface area contributed by atoms with Gasteiger partial charge in [0, 0.05) is 24.4 Å². The minimum Gasteiger partial charge on any atom is -0.497 e. The number of para-hydroxylation sites is 1. The second-order valence-corrected chi connectivity index (χ2v) is 8.54. The van der Waals surface area contributed by atoms with Crippen molar-refractivity contribution in [2.45, 2.75) is 37.3 Å². The minimum atomic E-state index is -0.674. The van der Waals surface area contributed by atoms with E-state index >= 15 is 0 Å². The third kappa shape index (κ3) is 2.37. The SMILES string of the molecule is COC(=O)C1=CO[C@@H](C)[C@H]2CN3CC[C@]4(C(=O)N(CO)c5ccccc54)[C@@H]3C[C@H]12. The number of methoxy groups -OCH3 is 1. The lowest BCUT2D eigenvalue weighted by Crippen LogP contribution is -2.57. The van der Waals surface area contributed by atoms with Crippen LogP contribution in [0.4, 0.5) is 5.69 Å². The quantitative estimate of drug-likeness (QED) is 0.759. The lowest BCUT2D eigenvalue weighted by Gasteiger charge is -2.48. The minimum absolute atomic E-state index is 0.00594. The highest BCUT2D eigenvalue weighted by Crippen LogP contribution is 2.55. The second kappa shape index (κ2) is 6.57. The van der Waals surface area contributed by atoms with Gasteiger partial charge in [0.25, 0.3) is 0 Å². The molecule has 2 fully saturated rings. The van der Waals surface area contributed by atoms with Gasteiger partial charge in [-0.3, -0.25) is 14.6 Å². The first kappa shape index (κ1) is 18.6. The van der Waals surface area contributed by atoms with Crippen molar-refractivity contribution in [2.75, 3.05) is 31.8 Å². The molecular formula is C22H26N2O5. The number of carbonyl (C=O) groups is 2. The molecular weight excluding hydrogens is 372 g/mol. The summed E-state index contributed by atoms with van der Waals surface area (Å²) in [7, 11) is 1.39. The predicted molar refractivity (Wildman–Crippen MR) is 105 cm³/mol. The van der Waals surface area contributed by atoms with Crippen molar-refractivity contribution in [1.29, 1.82) is 0 Å². The van der Waals surface area contributed by atoms with Crippen molar-refractivity contribution in [2.24, 2.45) is 11.8 Å². The van der Waals surface area contributed by atoms with Crippen LogP contribution in [0.3, 0.4) is 0 Å². The largest absolute Gasteiger partial charge is 0.497 e. The molecule has 0 bridgehead atoms. The van der Waals surface area contributed by atoms with Crippen LogP contribution in [0.25, 0.3) is 0 Å². The Morgan fingerprint density at radius 2 is 2.17 bits per heavy atom. The Morgan fingerprint density at radius 1 is 1.38 bits per heavy atom. The van der Waals surface area contributed by atoms with Gasteiger partial charge in [-0.25, -0.2) is 4.79 Å².